The fourth-order valence-corrected chi connectivity index (χ4v) is 9.58. The maximum absolute atomic E-state index is 15.6. The minimum atomic E-state index is -3.61. The zero-order valence-electron chi connectivity index (χ0n) is 29.0. The summed E-state index contributed by atoms with van der Waals surface area (Å²) in [5.41, 5.74) is 9.23. The molecule has 1 N–H and O–H groups in total. The summed E-state index contributed by atoms with van der Waals surface area (Å²) in [4.78, 5) is 32.1. The van der Waals surface area contributed by atoms with Crippen LogP contribution in [-0.4, -0.2) is 85.4 Å². The SMILES string of the molecule is CO[C@H]1CC[C@](c2ccc(Cl)cc2)([C@H](N=[N+]=[N-])C(=O)Nc2cccc(F)c2CC[C@H]2CN(C(=O)OC(C)(C)C)[C@@H]3CCCS(=O)(=O)N2C3)CC1. The molecule has 2 aromatic rings. The Morgan fingerprint density at radius 1 is 1.14 bits per heavy atom. The van der Waals surface area contributed by atoms with E-state index in [1.165, 1.54) is 16.4 Å². The number of ether oxygens (including phenoxy) is 2. The minimum absolute atomic E-state index is 0.00523. The van der Waals surface area contributed by atoms with Crippen molar-refractivity contribution in [1.82, 2.24) is 9.21 Å². The maximum atomic E-state index is 15.6. The maximum Gasteiger partial charge on any atom is 0.410 e. The van der Waals surface area contributed by atoms with Crippen molar-refractivity contribution < 1.29 is 31.9 Å². The average molecular weight is 733 g/mol. The highest BCUT2D eigenvalue weighted by atomic mass is 35.5. The summed E-state index contributed by atoms with van der Waals surface area (Å²) in [6.07, 6.45) is 2.95. The van der Waals surface area contributed by atoms with Crippen LogP contribution in [0.15, 0.2) is 47.6 Å². The molecule has 2 aromatic carbocycles. The first-order valence-electron chi connectivity index (χ1n) is 17.1. The fraction of sp³-hybridized carbons (Fsp3) is 0.600. The van der Waals surface area contributed by atoms with Gasteiger partial charge in [0, 0.05) is 58.9 Å². The molecule has 2 heterocycles. The number of hydrogen-bond acceptors (Lipinski definition) is 7. The lowest BCUT2D eigenvalue weighted by Gasteiger charge is -2.44. The number of amides is 2. The van der Waals surface area contributed by atoms with Crippen molar-refractivity contribution in [2.45, 2.75) is 107 Å². The largest absolute Gasteiger partial charge is 0.444 e. The molecule has 12 nitrogen and oxygen atoms in total. The molecule has 50 heavy (non-hydrogen) atoms. The third kappa shape index (κ3) is 8.37. The van der Waals surface area contributed by atoms with Crippen molar-refractivity contribution in [3.05, 3.63) is 74.9 Å². The summed E-state index contributed by atoms with van der Waals surface area (Å²) >= 11 is 6.19. The van der Waals surface area contributed by atoms with Crippen LogP contribution in [0.3, 0.4) is 0 Å². The van der Waals surface area contributed by atoms with Crippen LogP contribution in [0.4, 0.5) is 14.9 Å². The van der Waals surface area contributed by atoms with Crippen LogP contribution < -0.4 is 5.32 Å². The molecule has 2 aliphatic heterocycles. The van der Waals surface area contributed by atoms with E-state index in [0.29, 0.717) is 43.5 Å². The van der Waals surface area contributed by atoms with Gasteiger partial charge in [0.2, 0.25) is 15.9 Å². The zero-order chi connectivity index (χ0) is 36.3. The van der Waals surface area contributed by atoms with Crippen LogP contribution in [0.5, 0.6) is 0 Å². The molecule has 15 heteroatoms. The number of nitrogens with zero attached hydrogens (tertiary/aromatic N) is 5. The molecule has 0 aromatic heterocycles. The third-order valence-electron chi connectivity index (χ3n) is 10.2. The Morgan fingerprint density at radius 2 is 1.84 bits per heavy atom. The Hall–Kier alpha value is -3.42. The highest BCUT2D eigenvalue weighted by Gasteiger charge is 2.47. The van der Waals surface area contributed by atoms with Crippen molar-refractivity contribution in [2.75, 3.05) is 31.3 Å². The first-order chi connectivity index (χ1) is 23.7. The van der Waals surface area contributed by atoms with Gasteiger partial charge in [-0.05, 0) is 107 Å². The lowest BCUT2D eigenvalue weighted by atomic mass is 9.64. The Labute approximate surface area is 298 Å². The van der Waals surface area contributed by atoms with Crippen molar-refractivity contribution >= 4 is 39.3 Å². The standard InChI is InChI=1S/C35H46ClFN6O6S/c1-34(2,3)49-33(45)42-21-26(43-22-25(42)7-6-20-50(43,46)47)14-15-28-29(37)8-5-9-30(28)39-32(44)31(40-41-38)35(18-16-27(48-4)17-19-35)23-10-12-24(36)13-11-23/h5,8-13,25-27,31H,6-7,14-22H2,1-4H3,(H,39,44)/t25-,26+,27-,31-,35-/m1/s1. The molecular formula is C35H46ClFN6O6S. The number of methoxy groups -OCH3 is 1. The molecule has 3 fully saturated rings. The predicted molar refractivity (Wildman–Crippen MR) is 189 cm³/mol. The molecule has 2 saturated heterocycles. The van der Waals surface area contributed by atoms with Crippen LogP contribution in [-0.2, 0) is 36.1 Å². The highest BCUT2D eigenvalue weighted by Crippen LogP contribution is 2.45. The third-order valence-corrected chi connectivity index (χ3v) is 12.4. The van der Waals surface area contributed by atoms with Gasteiger partial charge >= 0.3 is 6.09 Å². The summed E-state index contributed by atoms with van der Waals surface area (Å²) in [5, 5.41) is 7.41. The van der Waals surface area contributed by atoms with E-state index in [-0.39, 0.29) is 55.1 Å². The number of sulfonamides is 1. The van der Waals surface area contributed by atoms with E-state index in [1.54, 1.807) is 51.0 Å². The topological polar surface area (TPSA) is 154 Å². The molecular weight excluding hydrogens is 687 g/mol. The number of anilines is 1. The molecule has 5 rings (SSSR count). The number of rotatable bonds is 9. The molecule has 1 unspecified atom stereocenters. The second-order valence-electron chi connectivity index (χ2n) is 14.5. The van der Waals surface area contributed by atoms with Gasteiger partial charge in [0.25, 0.3) is 0 Å². The number of carbonyl (C=O) groups is 2. The summed E-state index contributed by atoms with van der Waals surface area (Å²) in [7, 11) is -1.97. The summed E-state index contributed by atoms with van der Waals surface area (Å²) in [6.45, 7) is 5.56. The number of carbonyl (C=O) groups excluding carboxylic acids is 2. The second kappa shape index (κ2) is 15.4. The van der Waals surface area contributed by atoms with Gasteiger partial charge in [-0.1, -0.05) is 34.9 Å². The van der Waals surface area contributed by atoms with E-state index < -0.39 is 50.9 Å². The van der Waals surface area contributed by atoms with Crippen LogP contribution in [0.25, 0.3) is 10.4 Å². The molecule has 1 aliphatic carbocycles. The monoisotopic (exact) mass is 732 g/mol. The van der Waals surface area contributed by atoms with Gasteiger partial charge in [0.15, 0.2) is 0 Å². The first kappa shape index (κ1) is 37.8. The molecule has 2 bridgehead atoms. The van der Waals surface area contributed by atoms with E-state index in [0.717, 1.165) is 5.56 Å². The van der Waals surface area contributed by atoms with Gasteiger partial charge in [0.05, 0.1) is 11.9 Å². The normalized spacial score (nSPS) is 27.0. The summed E-state index contributed by atoms with van der Waals surface area (Å²) in [6, 6.07) is 9.34. The van der Waals surface area contributed by atoms with Gasteiger partial charge < -0.3 is 19.7 Å². The fourth-order valence-electron chi connectivity index (χ4n) is 7.66. The Balaban J connectivity index is 1.41. The number of fused-ring (bicyclic) bond motifs is 2. The molecule has 272 valence electrons. The van der Waals surface area contributed by atoms with Crippen LogP contribution in [0.2, 0.25) is 5.02 Å². The van der Waals surface area contributed by atoms with Crippen molar-refractivity contribution in [1.29, 1.82) is 0 Å². The number of benzene rings is 2. The lowest BCUT2D eigenvalue weighted by molar-refractivity contribution is -0.119. The van der Waals surface area contributed by atoms with Gasteiger partial charge in [-0.3, -0.25) is 4.79 Å². The van der Waals surface area contributed by atoms with Crippen LogP contribution in [0, 0.1) is 5.82 Å². The quantitative estimate of drug-likeness (QED) is 0.167. The van der Waals surface area contributed by atoms with E-state index in [9.17, 15) is 23.5 Å². The first-order valence-corrected chi connectivity index (χ1v) is 19.1. The minimum Gasteiger partial charge on any atom is -0.444 e. The number of piperazine rings is 1. The van der Waals surface area contributed by atoms with Gasteiger partial charge in [-0.25, -0.2) is 17.6 Å². The van der Waals surface area contributed by atoms with Gasteiger partial charge in [-0.2, -0.15) is 4.31 Å². The number of halogens is 2. The highest BCUT2D eigenvalue weighted by molar-refractivity contribution is 7.89. The van der Waals surface area contributed by atoms with Crippen LogP contribution in [0.1, 0.15) is 76.8 Å². The molecule has 0 radical (unpaired) electrons. The number of nitrogens with one attached hydrogen (secondary N) is 1. The number of azide groups is 1. The second-order valence-corrected chi connectivity index (χ2v) is 16.9. The molecule has 1 saturated carbocycles. The smallest absolute Gasteiger partial charge is 0.410 e. The molecule has 3 aliphatic rings. The summed E-state index contributed by atoms with van der Waals surface area (Å²) in [5.74, 6) is -1.20. The van der Waals surface area contributed by atoms with E-state index >= 15 is 4.39 Å². The molecule has 2 amide bonds. The van der Waals surface area contributed by atoms with E-state index in [2.05, 4.69) is 15.3 Å². The van der Waals surface area contributed by atoms with E-state index in [4.69, 9.17) is 21.1 Å². The van der Waals surface area contributed by atoms with E-state index in [1.807, 2.05) is 12.1 Å². The molecule has 0 spiro atoms. The van der Waals surface area contributed by atoms with Gasteiger partial charge in [0.1, 0.15) is 17.5 Å². The Kier molecular flexibility index (Phi) is 11.7. The number of hydrogen-bond donors (Lipinski definition) is 1. The predicted octanol–water partition coefficient (Wildman–Crippen LogP) is 6.97. The van der Waals surface area contributed by atoms with Crippen molar-refractivity contribution in [2.24, 2.45) is 5.11 Å². The Morgan fingerprint density at radius 3 is 2.48 bits per heavy atom. The summed E-state index contributed by atoms with van der Waals surface area (Å²) < 4.78 is 54.9. The van der Waals surface area contributed by atoms with Crippen molar-refractivity contribution in [3.8, 4) is 0 Å². The van der Waals surface area contributed by atoms with Crippen LogP contribution >= 0.6 is 11.6 Å². The zero-order valence-corrected chi connectivity index (χ0v) is 30.6. The average Bonchev–Trinajstić information content (AvgIpc) is 3.19. The molecule has 4 atom stereocenters. The lowest BCUT2D eigenvalue weighted by Crippen LogP contribution is -2.60. The Bertz CT molecular complexity index is 1710. The van der Waals surface area contributed by atoms with Gasteiger partial charge in [-0.15, -0.1) is 0 Å². The van der Waals surface area contributed by atoms with Crippen molar-refractivity contribution in [3.63, 3.8) is 0 Å².